The van der Waals surface area contributed by atoms with E-state index in [1.165, 1.54) is 26.2 Å². The molecule has 0 radical (unpaired) electrons. The molecular formula is C35H50N6O6. The van der Waals surface area contributed by atoms with Gasteiger partial charge in [-0.3, -0.25) is 33.8 Å². The number of anilines is 1. The van der Waals surface area contributed by atoms with E-state index in [4.69, 9.17) is 0 Å². The molecule has 47 heavy (non-hydrogen) atoms. The SMILES string of the molecule is CC(C)C[C@H](NC(=O)C(C)(C)CC(=O)C(C)(C)NC(=O)c1ccccc1)C(=O)NC(C)(C)C(=O)NC(C)(C)C(=O)Nc1ccncc1. The van der Waals surface area contributed by atoms with Crippen LogP contribution in [0.4, 0.5) is 5.69 Å². The summed E-state index contributed by atoms with van der Waals surface area (Å²) < 4.78 is 0. The lowest BCUT2D eigenvalue weighted by Gasteiger charge is -2.34. The van der Waals surface area contributed by atoms with Crippen molar-refractivity contribution in [3.63, 3.8) is 0 Å². The lowest BCUT2D eigenvalue weighted by Crippen LogP contribution is -2.64. The molecule has 0 fully saturated rings. The third-order valence-corrected chi connectivity index (χ3v) is 7.64. The highest BCUT2D eigenvalue weighted by Gasteiger charge is 2.41. The minimum absolute atomic E-state index is 0.00400. The zero-order valence-corrected chi connectivity index (χ0v) is 29.2. The van der Waals surface area contributed by atoms with Gasteiger partial charge in [-0.2, -0.15) is 0 Å². The largest absolute Gasteiger partial charge is 0.344 e. The Balaban J connectivity index is 2.09. The average Bonchev–Trinajstić information content (AvgIpc) is 2.96. The number of aromatic nitrogens is 1. The number of carbonyl (C=O) groups is 6. The standard InChI is InChI=1S/C35H50N6O6/c1-22(2)20-25(28(44)40-35(9,10)31(47)41-34(7,8)30(46)37-24-16-18-36-19-17-24)38-29(45)32(3,4)21-26(42)33(5,6)39-27(43)23-14-12-11-13-15-23/h11-19,22,25H,20-21H2,1-10H3,(H,38,45)(H,39,43)(H,40,44)(H,41,47)(H,36,37,46)/t25-/m0/s1. The summed E-state index contributed by atoms with van der Waals surface area (Å²) >= 11 is 0. The van der Waals surface area contributed by atoms with Crippen LogP contribution in [0.5, 0.6) is 0 Å². The Morgan fingerprint density at radius 2 is 1.23 bits per heavy atom. The number of nitrogens with one attached hydrogen (secondary N) is 5. The van der Waals surface area contributed by atoms with Crippen LogP contribution >= 0.6 is 0 Å². The number of ketones is 1. The van der Waals surface area contributed by atoms with E-state index in [0.29, 0.717) is 11.3 Å². The summed E-state index contributed by atoms with van der Waals surface area (Å²) in [6.45, 7) is 16.2. The van der Waals surface area contributed by atoms with Gasteiger partial charge >= 0.3 is 0 Å². The molecule has 0 saturated carbocycles. The van der Waals surface area contributed by atoms with Crippen LogP contribution in [0, 0.1) is 11.3 Å². The predicted octanol–water partition coefficient (Wildman–Crippen LogP) is 3.53. The van der Waals surface area contributed by atoms with Crippen LogP contribution in [0.15, 0.2) is 54.9 Å². The van der Waals surface area contributed by atoms with Gasteiger partial charge < -0.3 is 26.6 Å². The number of hydrogen-bond donors (Lipinski definition) is 5. The van der Waals surface area contributed by atoms with E-state index in [0.717, 1.165) is 0 Å². The van der Waals surface area contributed by atoms with Crippen molar-refractivity contribution in [3.8, 4) is 0 Å². The Morgan fingerprint density at radius 1 is 0.681 bits per heavy atom. The van der Waals surface area contributed by atoms with E-state index >= 15 is 0 Å². The smallest absolute Gasteiger partial charge is 0.252 e. The number of nitrogens with zero attached hydrogens (tertiary/aromatic N) is 1. The molecule has 12 heteroatoms. The van der Waals surface area contributed by atoms with Crippen LogP contribution in [-0.2, 0) is 24.0 Å². The maximum Gasteiger partial charge on any atom is 0.252 e. The number of pyridine rings is 1. The van der Waals surface area contributed by atoms with Crippen molar-refractivity contribution < 1.29 is 28.8 Å². The van der Waals surface area contributed by atoms with Crippen molar-refractivity contribution >= 4 is 41.0 Å². The van der Waals surface area contributed by atoms with E-state index in [9.17, 15) is 28.8 Å². The van der Waals surface area contributed by atoms with Crippen LogP contribution in [-0.4, -0.2) is 63.0 Å². The van der Waals surface area contributed by atoms with Gasteiger partial charge in [0.2, 0.25) is 23.6 Å². The number of carbonyl (C=O) groups excluding carboxylic acids is 6. The Bertz CT molecular complexity index is 1450. The highest BCUT2D eigenvalue weighted by molar-refractivity contribution is 6.03. The molecule has 0 aliphatic heterocycles. The topological polar surface area (TPSA) is 175 Å². The molecule has 0 bridgehead atoms. The summed E-state index contributed by atoms with van der Waals surface area (Å²) in [6, 6.07) is 10.7. The van der Waals surface area contributed by atoms with Gasteiger partial charge in [0.15, 0.2) is 5.78 Å². The number of benzene rings is 1. The molecule has 0 unspecified atom stereocenters. The molecule has 256 valence electrons. The van der Waals surface area contributed by atoms with Gasteiger partial charge in [-0.05, 0) is 78.1 Å². The Hall–Kier alpha value is -4.61. The van der Waals surface area contributed by atoms with E-state index in [1.54, 1.807) is 84.0 Å². The third-order valence-electron chi connectivity index (χ3n) is 7.64. The van der Waals surface area contributed by atoms with Gasteiger partial charge in [0.25, 0.3) is 5.91 Å². The fraction of sp³-hybridized carbons (Fsp3) is 0.514. The molecule has 12 nitrogen and oxygen atoms in total. The van der Waals surface area contributed by atoms with Crippen LogP contribution in [0.2, 0.25) is 0 Å². The maximum absolute atomic E-state index is 13.5. The second-order valence-corrected chi connectivity index (χ2v) is 14.5. The molecule has 1 aromatic heterocycles. The average molecular weight is 651 g/mol. The monoisotopic (exact) mass is 650 g/mol. The molecule has 5 amide bonds. The summed E-state index contributed by atoms with van der Waals surface area (Å²) in [5, 5.41) is 13.6. The lowest BCUT2D eigenvalue weighted by molar-refractivity contribution is -0.140. The van der Waals surface area contributed by atoms with E-state index in [2.05, 4.69) is 31.6 Å². The second kappa shape index (κ2) is 15.3. The Morgan fingerprint density at radius 3 is 1.79 bits per heavy atom. The first kappa shape index (κ1) is 38.6. The summed E-state index contributed by atoms with van der Waals surface area (Å²) in [7, 11) is 0. The molecule has 0 saturated heterocycles. The molecule has 0 aliphatic carbocycles. The first-order chi connectivity index (χ1) is 21.6. The zero-order chi connectivity index (χ0) is 35.8. The van der Waals surface area contributed by atoms with Gasteiger partial charge in [-0.1, -0.05) is 45.9 Å². The molecule has 1 atom stereocenters. The van der Waals surface area contributed by atoms with Crippen LogP contribution < -0.4 is 26.6 Å². The summed E-state index contributed by atoms with van der Waals surface area (Å²) in [5.74, 6) is -2.98. The molecule has 2 aromatic rings. The fourth-order valence-electron chi connectivity index (χ4n) is 4.45. The van der Waals surface area contributed by atoms with Crippen molar-refractivity contribution in [2.45, 2.75) is 105 Å². The predicted molar refractivity (Wildman–Crippen MR) is 180 cm³/mol. The van der Waals surface area contributed by atoms with Gasteiger partial charge in [-0.25, -0.2) is 0 Å². The highest BCUT2D eigenvalue weighted by atomic mass is 16.2. The van der Waals surface area contributed by atoms with E-state index in [-0.39, 0.29) is 24.5 Å². The van der Waals surface area contributed by atoms with Gasteiger partial charge in [-0.15, -0.1) is 0 Å². The third kappa shape index (κ3) is 11.3. The molecule has 5 N–H and O–H groups in total. The highest BCUT2D eigenvalue weighted by Crippen LogP contribution is 2.25. The number of Topliss-reactive ketones (excluding diaryl/α,β-unsaturated/α-hetero) is 1. The normalized spacial score (nSPS) is 12.8. The maximum atomic E-state index is 13.5. The van der Waals surface area contributed by atoms with Crippen molar-refractivity contribution in [1.29, 1.82) is 0 Å². The fourth-order valence-corrected chi connectivity index (χ4v) is 4.45. The summed E-state index contributed by atoms with van der Waals surface area (Å²) in [5.41, 5.74) is -4.38. The first-order valence-electron chi connectivity index (χ1n) is 15.7. The minimum Gasteiger partial charge on any atom is -0.344 e. The van der Waals surface area contributed by atoms with Crippen LogP contribution in [0.25, 0.3) is 0 Å². The van der Waals surface area contributed by atoms with Crippen molar-refractivity contribution in [1.82, 2.24) is 26.3 Å². The first-order valence-corrected chi connectivity index (χ1v) is 15.7. The zero-order valence-electron chi connectivity index (χ0n) is 29.2. The Kier molecular flexibility index (Phi) is 12.6. The van der Waals surface area contributed by atoms with Gasteiger partial charge in [0.05, 0.1) is 11.0 Å². The summed E-state index contributed by atoms with van der Waals surface area (Å²) in [6.07, 6.45) is 3.11. The molecule has 1 aromatic carbocycles. The van der Waals surface area contributed by atoms with Crippen molar-refractivity contribution in [2.24, 2.45) is 11.3 Å². The summed E-state index contributed by atoms with van der Waals surface area (Å²) in [4.78, 5) is 83.2. The van der Waals surface area contributed by atoms with Gasteiger partial charge in [0, 0.05) is 30.1 Å². The number of amides is 5. The van der Waals surface area contributed by atoms with Crippen molar-refractivity contribution in [2.75, 3.05) is 5.32 Å². The Labute approximate surface area is 277 Å². The molecular weight excluding hydrogens is 600 g/mol. The molecule has 2 rings (SSSR count). The quantitative estimate of drug-likeness (QED) is 0.196. The second-order valence-electron chi connectivity index (χ2n) is 14.5. The van der Waals surface area contributed by atoms with Crippen LogP contribution in [0.3, 0.4) is 0 Å². The minimum atomic E-state index is -1.46. The van der Waals surface area contributed by atoms with E-state index < -0.39 is 57.6 Å². The number of hydrogen-bond acceptors (Lipinski definition) is 7. The molecule has 0 aliphatic rings. The number of rotatable bonds is 15. The van der Waals surface area contributed by atoms with Crippen LogP contribution in [0.1, 0.15) is 92.4 Å². The molecule has 0 spiro atoms. The van der Waals surface area contributed by atoms with Gasteiger partial charge in [0.1, 0.15) is 17.1 Å². The van der Waals surface area contributed by atoms with Crippen molar-refractivity contribution in [3.05, 3.63) is 60.4 Å². The molecule has 1 heterocycles. The van der Waals surface area contributed by atoms with E-state index in [1.807, 2.05) is 13.8 Å². The lowest BCUT2D eigenvalue weighted by atomic mass is 9.80.